The number of ketones is 1. The summed E-state index contributed by atoms with van der Waals surface area (Å²) < 4.78 is 5.34. The van der Waals surface area contributed by atoms with Crippen LogP contribution in [-0.2, 0) is 14.3 Å². The quantitative estimate of drug-likeness (QED) is 0.0833. The van der Waals surface area contributed by atoms with Gasteiger partial charge in [0.15, 0.2) is 5.78 Å². The first-order valence-corrected chi connectivity index (χ1v) is 17.4. The number of aliphatic hydroxyl groups is 2. The molecule has 0 radical (unpaired) electrons. The lowest BCUT2D eigenvalue weighted by atomic mass is 9.67. The highest BCUT2D eigenvalue weighted by atomic mass is 16.5. The van der Waals surface area contributed by atoms with E-state index in [-0.39, 0.29) is 35.7 Å². The Morgan fingerprint density at radius 2 is 1.41 bits per heavy atom. The minimum atomic E-state index is -0.488. The molecule has 266 valence electrons. The molecular formula is C44H60O5. The van der Waals surface area contributed by atoms with Gasteiger partial charge >= 0.3 is 5.97 Å². The van der Waals surface area contributed by atoms with Gasteiger partial charge < -0.3 is 14.9 Å². The summed E-state index contributed by atoms with van der Waals surface area (Å²) in [6, 6.07) is 0. The third kappa shape index (κ3) is 14.3. The molecule has 0 bridgehead atoms. The molecular weight excluding hydrogens is 608 g/mol. The summed E-state index contributed by atoms with van der Waals surface area (Å²) in [5.74, 6) is -0.264. The Morgan fingerprint density at radius 3 is 1.98 bits per heavy atom. The van der Waals surface area contributed by atoms with Crippen LogP contribution < -0.4 is 0 Å². The third-order valence-corrected chi connectivity index (χ3v) is 9.27. The first kappa shape index (κ1) is 41.4. The lowest BCUT2D eigenvalue weighted by Crippen LogP contribution is -2.32. The summed E-state index contributed by atoms with van der Waals surface area (Å²) in [4.78, 5) is 25.4. The van der Waals surface area contributed by atoms with Crippen molar-refractivity contribution in [3.05, 3.63) is 130 Å². The third-order valence-electron chi connectivity index (χ3n) is 9.27. The average molecular weight is 669 g/mol. The maximum Gasteiger partial charge on any atom is 0.330 e. The highest BCUT2D eigenvalue weighted by Gasteiger charge is 2.35. The largest absolute Gasteiger partial charge is 0.458 e. The van der Waals surface area contributed by atoms with Gasteiger partial charge in [0.1, 0.15) is 6.61 Å². The maximum atomic E-state index is 13.4. The molecule has 0 unspecified atom stereocenters. The zero-order valence-electron chi connectivity index (χ0n) is 31.5. The molecule has 0 amide bonds. The number of aliphatic hydroxyl groups excluding tert-OH is 2. The highest BCUT2D eigenvalue weighted by molar-refractivity contribution is 5.98. The zero-order valence-corrected chi connectivity index (χ0v) is 31.5. The Morgan fingerprint density at radius 1 is 0.837 bits per heavy atom. The fourth-order valence-corrected chi connectivity index (χ4v) is 6.72. The van der Waals surface area contributed by atoms with Crippen LogP contribution in [0, 0.1) is 16.7 Å². The van der Waals surface area contributed by atoms with Gasteiger partial charge in [0.25, 0.3) is 0 Å². The predicted molar refractivity (Wildman–Crippen MR) is 205 cm³/mol. The van der Waals surface area contributed by atoms with Crippen molar-refractivity contribution in [1.82, 2.24) is 0 Å². The molecule has 0 saturated heterocycles. The molecule has 0 aliphatic heterocycles. The van der Waals surface area contributed by atoms with E-state index < -0.39 is 12.1 Å². The van der Waals surface area contributed by atoms with E-state index in [1.165, 1.54) is 17.2 Å². The van der Waals surface area contributed by atoms with Crippen LogP contribution in [0.4, 0.5) is 0 Å². The van der Waals surface area contributed by atoms with Crippen LogP contribution in [0.3, 0.4) is 0 Å². The van der Waals surface area contributed by atoms with Gasteiger partial charge in [-0.3, -0.25) is 4.79 Å². The van der Waals surface area contributed by atoms with Crippen molar-refractivity contribution in [1.29, 1.82) is 0 Å². The number of Topliss-reactive ketones (excluding diaryl/α,β-unsaturated/α-hetero) is 1. The fraction of sp³-hybridized carbons (Fsp3) is 0.455. The molecule has 49 heavy (non-hydrogen) atoms. The first-order valence-electron chi connectivity index (χ1n) is 17.4. The van der Waals surface area contributed by atoms with Gasteiger partial charge in [0, 0.05) is 24.0 Å². The van der Waals surface area contributed by atoms with Gasteiger partial charge in [-0.15, -0.1) is 0 Å². The van der Waals surface area contributed by atoms with Gasteiger partial charge in [0.2, 0.25) is 0 Å². The van der Waals surface area contributed by atoms with Crippen LogP contribution >= 0.6 is 0 Å². The van der Waals surface area contributed by atoms with Crippen molar-refractivity contribution in [3.8, 4) is 0 Å². The summed E-state index contributed by atoms with van der Waals surface area (Å²) in [5.41, 5.74) is 6.77. The number of carbonyl (C=O) groups is 2. The Bertz CT molecular complexity index is 1520. The summed E-state index contributed by atoms with van der Waals surface area (Å²) in [7, 11) is 0. The van der Waals surface area contributed by atoms with E-state index >= 15 is 0 Å². The van der Waals surface area contributed by atoms with Crippen LogP contribution in [0.1, 0.15) is 94.9 Å². The molecule has 5 heteroatoms. The van der Waals surface area contributed by atoms with E-state index in [9.17, 15) is 19.8 Å². The van der Waals surface area contributed by atoms with E-state index in [0.717, 1.165) is 28.7 Å². The van der Waals surface area contributed by atoms with Crippen molar-refractivity contribution < 1.29 is 24.5 Å². The normalized spacial score (nSPS) is 24.2. The average Bonchev–Trinajstić information content (AvgIpc) is 2.97. The second kappa shape index (κ2) is 19.4. The van der Waals surface area contributed by atoms with Crippen LogP contribution in [0.2, 0.25) is 0 Å². The van der Waals surface area contributed by atoms with E-state index in [1.54, 1.807) is 19.1 Å². The molecule has 0 spiro atoms. The molecule has 2 aliphatic carbocycles. The smallest absolute Gasteiger partial charge is 0.330 e. The highest BCUT2D eigenvalue weighted by Crippen LogP contribution is 2.43. The number of rotatable bonds is 14. The Balaban J connectivity index is 2.06. The zero-order chi connectivity index (χ0) is 36.8. The SMILES string of the molecule is C/C=C\C(=O)OC\C(=C/C=C/C(C)=C/C=C/C=C(C)/C=C/C=C(C)/C=C/[C@H]1C(C)=C[C@H](O)CC1(C)C)C(=O)CC1=C(C)C[C@@H](O)CC1(C)C. The molecule has 0 fully saturated rings. The standard InChI is InChI=1S/C44H60O5/c1-11-16-42(48)49-30-36(41(47)27-40-35(6)26-38(46)29-44(40,9)10)22-15-21-32(3)18-13-12-17-31(2)19-14-20-33(4)23-24-39-34(5)25-37(45)28-43(39,7)8/h11-25,37-39,45-46H,26-30H2,1-10H3/b13-12+,16-11-,19-14+,21-15+,24-23+,31-17+,32-18+,33-20+,36-22+/t37-,38+,39-/m0/s1. The number of allylic oxidation sites excluding steroid dienone is 18. The van der Waals surface area contributed by atoms with E-state index in [4.69, 9.17) is 4.74 Å². The number of ether oxygens (including phenoxy) is 1. The summed E-state index contributed by atoms with van der Waals surface area (Å²) in [5, 5.41) is 20.3. The van der Waals surface area contributed by atoms with Crippen molar-refractivity contribution >= 4 is 11.8 Å². The first-order chi connectivity index (χ1) is 22.9. The second-order valence-electron chi connectivity index (χ2n) is 14.9. The number of hydrogen-bond donors (Lipinski definition) is 2. The Hall–Kier alpha value is -3.80. The Labute approximate surface area is 296 Å². The minimum absolute atomic E-state index is 0.0240. The molecule has 2 aliphatic rings. The lowest BCUT2D eigenvalue weighted by Gasteiger charge is -2.38. The van der Waals surface area contributed by atoms with Crippen LogP contribution in [0.5, 0.6) is 0 Å². The summed E-state index contributed by atoms with van der Waals surface area (Å²) in [6.45, 7) is 20.4. The fourth-order valence-electron chi connectivity index (χ4n) is 6.72. The molecule has 2 N–H and O–H groups in total. The number of esters is 1. The van der Waals surface area contributed by atoms with Crippen molar-refractivity contribution in [2.24, 2.45) is 16.7 Å². The lowest BCUT2D eigenvalue weighted by molar-refractivity contribution is -0.137. The molecule has 0 aromatic carbocycles. The minimum Gasteiger partial charge on any atom is -0.458 e. The van der Waals surface area contributed by atoms with Crippen LogP contribution in [0.15, 0.2) is 130 Å². The van der Waals surface area contributed by atoms with Crippen molar-refractivity contribution in [2.45, 2.75) is 107 Å². The van der Waals surface area contributed by atoms with E-state index in [1.807, 2.05) is 56.4 Å². The van der Waals surface area contributed by atoms with Gasteiger partial charge in [-0.2, -0.15) is 0 Å². The van der Waals surface area contributed by atoms with Gasteiger partial charge in [0.05, 0.1) is 12.2 Å². The molecule has 0 saturated carbocycles. The summed E-state index contributed by atoms with van der Waals surface area (Å²) in [6.07, 6.45) is 30.5. The van der Waals surface area contributed by atoms with Gasteiger partial charge in [-0.25, -0.2) is 4.79 Å². The maximum absolute atomic E-state index is 13.4. The molecule has 2 rings (SSSR count). The van der Waals surface area contributed by atoms with Crippen LogP contribution in [-0.4, -0.2) is 40.8 Å². The topological polar surface area (TPSA) is 83.8 Å². The van der Waals surface area contributed by atoms with E-state index in [0.29, 0.717) is 24.3 Å². The number of carbonyl (C=O) groups excluding carboxylic acids is 2. The molecule has 0 heterocycles. The van der Waals surface area contributed by atoms with Crippen molar-refractivity contribution in [3.63, 3.8) is 0 Å². The molecule has 5 nitrogen and oxygen atoms in total. The number of hydrogen-bond acceptors (Lipinski definition) is 5. The van der Waals surface area contributed by atoms with Gasteiger partial charge in [-0.1, -0.05) is 146 Å². The summed E-state index contributed by atoms with van der Waals surface area (Å²) >= 11 is 0. The van der Waals surface area contributed by atoms with Crippen molar-refractivity contribution in [2.75, 3.05) is 6.61 Å². The second-order valence-corrected chi connectivity index (χ2v) is 14.9. The molecule has 0 aromatic heterocycles. The van der Waals surface area contributed by atoms with Crippen LogP contribution in [0.25, 0.3) is 0 Å². The molecule has 3 atom stereocenters. The van der Waals surface area contributed by atoms with Gasteiger partial charge in [-0.05, 0) is 71.6 Å². The predicted octanol–water partition coefficient (Wildman–Crippen LogP) is 9.91. The Kier molecular flexibility index (Phi) is 16.4. The monoisotopic (exact) mass is 668 g/mol. The molecule has 0 aromatic rings. The van der Waals surface area contributed by atoms with E-state index in [2.05, 4.69) is 78.8 Å².